The van der Waals surface area contributed by atoms with Crippen LogP contribution < -0.4 is 5.32 Å². The van der Waals surface area contributed by atoms with E-state index in [0.29, 0.717) is 12.1 Å². The van der Waals surface area contributed by atoms with Gasteiger partial charge in [0, 0.05) is 22.0 Å². The van der Waals surface area contributed by atoms with Gasteiger partial charge in [0.1, 0.15) is 0 Å². The van der Waals surface area contributed by atoms with E-state index >= 15 is 0 Å². The van der Waals surface area contributed by atoms with Gasteiger partial charge in [-0.3, -0.25) is 0 Å². The zero-order valence-corrected chi connectivity index (χ0v) is 13.8. The number of hydrogen-bond acceptors (Lipinski definition) is 2. The Bertz CT molecular complexity index is 454. The summed E-state index contributed by atoms with van der Waals surface area (Å²) in [5.74, 6) is 2.19. The summed E-state index contributed by atoms with van der Waals surface area (Å²) in [7, 11) is 0. The zero-order chi connectivity index (χ0) is 13.9. The third-order valence-corrected chi connectivity index (χ3v) is 6.23. The number of thioether (sulfide) groups is 1. The van der Waals surface area contributed by atoms with Gasteiger partial charge in [0.15, 0.2) is 0 Å². The molecule has 0 radical (unpaired) electrons. The Morgan fingerprint density at radius 1 is 1.20 bits per heavy atom. The molecular formula is C17H24ClNS. The van der Waals surface area contributed by atoms with Gasteiger partial charge in [-0.2, -0.15) is 0 Å². The number of nitrogens with one attached hydrogen (secondary N) is 1. The largest absolute Gasteiger partial charge is 0.307 e. The van der Waals surface area contributed by atoms with Crippen LogP contribution in [0.4, 0.5) is 0 Å². The van der Waals surface area contributed by atoms with Gasteiger partial charge < -0.3 is 5.32 Å². The Morgan fingerprint density at radius 3 is 2.75 bits per heavy atom. The molecule has 1 heterocycles. The smallest absolute Gasteiger partial charge is 0.0410 e. The molecule has 0 saturated heterocycles. The van der Waals surface area contributed by atoms with E-state index in [9.17, 15) is 0 Å². The van der Waals surface area contributed by atoms with Gasteiger partial charge in [-0.05, 0) is 67.5 Å². The molecule has 1 unspecified atom stereocenters. The van der Waals surface area contributed by atoms with E-state index in [1.807, 2.05) is 17.8 Å². The minimum Gasteiger partial charge on any atom is -0.307 e. The Balaban J connectivity index is 1.66. The van der Waals surface area contributed by atoms with E-state index in [-0.39, 0.29) is 0 Å². The molecule has 1 aliphatic heterocycles. The lowest BCUT2D eigenvalue weighted by Crippen LogP contribution is -2.37. The average Bonchev–Trinajstić information content (AvgIpc) is 2.49. The number of hydrogen-bond donors (Lipinski definition) is 1. The van der Waals surface area contributed by atoms with Crippen molar-refractivity contribution in [2.24, 2.45) is 5.92 Å². The fraction of sp³-hybridized carbons (Fsp3) is 0.647. The van der Waals surface area contributed by atoms with Gasteiger partial charge >= 0.3 is 0 Å². The first-order valence-electron chi connectivity index (χ1n) is 7.94. The first kappa shape index (κ1) is 14.7. The Kier molecular flexibility index (Phi) is 4.95. The van der Waals surface area contributed by atoms with E-state index < -0.39 is 0 Å². The van der Waals surface area contributed by atoms with Gasteiger partial charge in [-0.1, -0.05) is 24.9 Å². The van der Waals surface area contributed by atoms with E-state index in [1.165, 1.54) is 54.7 Å². The summed E-state index contributed by atoms with van der Waals surface area (Å²) >= 11 is 8.15. The molecule has 1 aromatic carbocycles. The lowest BCUT2D eigenvalue weighted by molar-refractivity contribution is 0.266. The van der Waals surface area contributed by atoms with E-state index in [4.69, 9.17) is 11.6 Å². The summed E-state index contributed by atoms with van der Waals surface area (Å²) in [6.45, 7) is 2.33. The highest BCUT2D eigenvalue weighted by atomic mass is 35.5. The van der Waals surface area contributed by atoms with Crippen LogP contribution in [0.1, 0.15) is 57.1 Å². The Morgan fingerprint density at radius 2 is 2.00 bits per heavy atom. The highest BCUT2D eigenvalue weighted by molar-refractivity contribution is 7.99. The second-order valence-electron chi connectivity index (χ2n) is 6.16. The Hall–Kier alpha value is -0.180. The standard InChI is InChI=1S/C17H24ClNS/c1-2-12-3-6-14(7-4-12)19-16-9-10-20-17-8-5-13(18)11-15(16)17/h5,8,11-12,14,16,19H,2-4,6-7,9-10H2,1H3. The molecule has 1 nitrogen and oxygen atoms in total. The van der Waals surface area contributed by atoms with Crippen molar-refractivity contribution in [1.29, 1.82) is 0 Å². The third kappa shape index (κ3) is 3.35. The maximum absolute atomic E-state index is 6.19. The molecule has 1 aliphatic carbocycles. The summed E-state index contributed by atoms with van der Waals surface area (Å²) < 4.78 is 0. The van der Waals surface area contributed by atoms with Gasteiger partial charge in [-0.15, -0.1) is 11.8 Å². The van der Waals surface area contributed by atoms with Crippen molar-refractivity contribution in [3.8, 4) is 0 Å². The molecule has 0 spiro atoms. The van der Waals surface area contributed by atoms with Crippen LogP contribution in [0.25, 0.3) is 0 Å². The molecule has 0 bridgehead atoms. The van der Waals surface area contributed by atoms with Gasteiger partial charge in [0.2, 0.25) is 0 Å². The predicted molar refractivity (Wildman–Crippen MR) is 88.7 cm³/mol. The SMILES string of the molecule is CCC1CCC(NC2CCSc3ccc(Cl)cc32)CC1. The van der Waals surface area contributed by atoms with Crippen molar-refractivity contribution >= 4 is 23.4 Å². The van der Waals surface area contributed by atoms with Crippen molar-refractivity contribution < 1.29 is 0 Å². The molecule has 0 aromatic heterocycles. The molecule has 0 amide bonds. The van der Waals surface area contributed by atoms with Crippen molar-refractivity contribution in [2.45, 2.75) is 62.4 Å². The second kappa shape index (κ2) is 6.72. The number of rotatable bonds is 3. The minimum atomic E-state index is 0.508. The highest BCUT2D eigenvalue weighted by Gasteiger charge is 2.26. The monoisotopic (exact) mass is 309 g/mol. The van der Waals surface area contributed by atoms with Gasteiger partial charge in [0.05, 0.1) is 0 Å². The maximum atomic E-state index is 6.19. The fourth-order valence-corrected chi connectivity index (χ4v) is 4.85. The number of benzene rings is 1. The molecule has 1 aromatic rings. The van der Waals surface area contributed by atoms with Crippen LogP contribution >= 0.6 is 23.4 Å². The molecule has 1 fully saturated rings. The number of halogens is 1. The van der Waals surface area contributed by atoms with E-state index in [2.05, 4.69) is 24.4 Å². The van der Waals surface area contributed by atoms with E-state index in [1.54, 1.807) is 0 Å². The maximum Gasteiger partial charge on any atom is 0.0410 e. The molecule has 110 valence electrons. The zero-order valence-electron chi connectivity index (χ0n) is 12.2. The van der Waals surface area contributed by atoms with Gasteiger partial charge in [-0.25, -0.2) is 0 Å². The minimum absolute atomic E-state index is 0.508. The van der Waals surface area contributed by atoms with Crippen LogP contribution in [0.2, 0.25) is 5.02 Å². The highest BCUT2D eigenvalue weighted by Crippen LogP contribution is 2.38. The van der Waals surface area contributed by atoms with Crippen LogP contribution in [0, 0.1) is 5.92 Å². The molecule has 1 saturated carbocycles. The van der Waals surface area contributed by atoms with Crippen molar-refractivity contribution in [3.05, 3.63) is 28.8 Å². The molecule has 2 aliphatic rings. The first-order chi connectivity index (χ1) is 9.76. The summed E-state index contributed by atoms with van der Waals surface area (Å²) in [4.78, 5) is 1.42. The lowest BCUT2D eigenvalue weighted by atomic mass is 9.84. The molecular weight excluding hydrogens is 286 g/mol. The molecule has 3 heteroatoms. The normalized spacial score (nSPS) is 30.0. The van der Waals surface area contributed by atoms with Gasteiger partial charge in [0.25, 0.3) is 0 Å². The van der Waals surface area contributed by atoms with Crippen LogP contribution in [-0.2, 0) is 0 Å². The molecule has 3 rings (SSSR count). The van der Waals surface area contributed by atoms with Crippen LogP contribution in [0.15, 0.2) is 23.1 Å². The molecule has 1 N–H and O–H groups in total. The summed E-state index contributed by atoms with van der Waals surface area (Å²) in [6.07, 6.45) is 8.07. The van der Waals surface area contributed by atoms with Crippen molar-refractivity contribution in [2.75, 3.05) is 5.75 Å². The Labute approximate surface area is 131 Å². The molecule has 20 heavy (non-hydrogen) atoms. The quantitative estimate of drug-likeness (QED) is 0.798. The van der Waals surface area contributed by atoms with Crippen molar-refractivity contribution in [3.63, 3.8) is 0 Å². The average molecular weight is 310 g/mol. The lowest BCUT2D eigenvalue weighted by Gasteiger charge is -2.34. The van der Waals surface area contributed by atoms with Crippen molar-refractivity contribution in [1.82, 2.24) is 5.32 Å². The summed E-state index contributed by atoms with van der Waals surface area (Å²) in [6, 6.07) is 7.58. The molecule has 1 atom stereocenters. The van der Waals surface area contributed by atoms with E-state index in [0.717, 1.165) is 10.9 Å². The fourth-order valence-electron chi connectivity index (χ4n) is 3.56. The van der Waals surface area contributed by atoms with Crippen LogP contribution in [0.5, 0.6) is 0 Å². The summed E-state index contributed by atoms with van der Waals surface area (Å²) in [5.41, 5.74) is 1.42. The second-order valence-corrected chi connectivity index (χ2v) is 7.74. The number of fused-ring (bicyclic) bond motifs is 1. The third-order valence-electron chi connectivity index (χ3n) is 4.87. The predicted octanol–water partition coefficient (Wildman–Crippen LogP) is 5.44. The van der Waals surface area contributed by atoms with Crippen LogP contribution in [0.3, 0.4) is 0 Å². The van der Waals surface area contributed by atoms with Crippen LogP contribution in [-0.4, -0.2) is 11.8 Å². The summed E-state index contributed by atoms with van der Waals surface area (Å²) in [5, 5.41) is 4.78. The first-order valence-corrected chi connectivity index (χ1v) is 9.31. The topological polar surface area (TPSA) is 12.0 Å².